The van der Waals surface area contributed by atoms with Crippen LogP contribution >= 0.6 is 0 Å². The Kier molecular flexibility index (Phi) is 5.41. The van der Waals surface area contributed by atoms with Crippen LogP contribution in [0.25, 0.3) is 0 Å². The van der Waals surface area contributed by atoms with E-state index in [-0.39, 0.29) is 16.7 Å². The lowest BCUT2D eigenvalue weighted by Gasteiger charge is -2.17. The molecule has 1 heterocycles. The summed E-state index contributed by atoms with van der Waals surface area (Å²) in [4.78, 5) is 39.8. The average Bonchev–Trinajstić information content (AvgIpc) is 3.04. The van der Waals surface area contributed by atoms with Gasteiger partial charge in [-0.25, -0.2) is 4.90 Å². The summed E-state index contributed by atoms with van der Waals surface area (Å²) in [5.41, 5.74) is 1.61. The minimum absolute atomic E-state index is 0.176. The molecule has 0 aromatic heterocycles. The summed E-state index contributed by atoms with van der Waals surface area (Å²) in [6, 6.07) is 18.3. The molecular weight excluding hydrogens is 396 g/mol. The molecule has 156 valence electrons. The SMILES string of the molecule is CCOc1ccccc1N1C(=O)c2ccc(C(=O)Nc3cccc(OC)c3)cc2C1=O. The van der Waals surface area contributed by atoms with E-state index in [1.54, 1.807) is 55.6 Å². The number of hydrogen-bond donors (Lipinski definition) is 1. The molecule has 1 aliphatic heterocycles. The van der Waals surface area contributed by atoms with Crippen molar-refractivity contribution < 1.29 is 23.9 Å². The molecule has 31 heavy (non-hydrogen) atoms. The van der Waals surface area contributed by atoms with Crippen molar-refractivity contribution in [3.8, 4) is 11.5 Å². The molecule has 0 bridgehead atoms. The summed E-state index contributed by atoms with van der Waals surface area (Å²) < 4.78 is 10.7. The number of hydrogen-bond acceptors (Lipinski definition) is 5. The molecule has 0 spiro atoms. The Morgan fingerprint density at radius 1 is 0.935 bits per heavy atom. The maximum atomic E-state index is 13.1. The fourth-order valence-corrected chi connectivity index (χ4v) is 3.42. The number of benzene rings is 3. The average molecular weight is 416 g/mol. The molecule has 1 N–H and O–H groups in total. The lowest BCUT2D eigenvalue weighted by atomic mass is 10.1. The van der Waals surface area contributed by atoms with E-state index >= 15 is 0 Å². The Morgan fingerprint density at radius 2 is 1.71 bits per heavy atom. The Hall–Kier alpha value is -4.13. The maximum Gasteiger partial charge on any atom is 0.266 e. The number of anilines is 2. The van der Waals surface area contributed by atoms with Crippen LogP contribution in [0.15, 0.2) is 66.7 Å². The fourth-order valence-electron chi connectivity index (χ4n) is 3.42. The molecule has 7 nitrogen and oxygen atoms in total. The molecule has 0 unspecified atom stereocenters. The molecule has 0 fully saturated rings. The number of nitrogens with one attached hydrogen (secondary N) is 1. The largest absolute Gasteiger partial charge is 0.497 e. The number of fused-ring (bicyclic) bond motifs is 1. The second-order valence-electron chi connectivity index (χ2n) is 6.79. The van der Waals surface area contributed by atoms with Gasteiger partial charge < -0.3 is 14.8 Å². The lowest BCUT2D eigenvalue weighted by molar-refractivity contribution is 0.0924. The van der Waals surface area contributed by atoms with Crippen molar-refractivity contribution >= 4 is 29.1 Å². The van der Waals surface area contributed by atoms with Gasteiger partial charge in [0, 0.05) is 17.3 Å². The molecule has 3 amide bonds. The minimum Gasteiger partial charge on any atom is -0.497 e. The highest BCUT2D eigenvalue weighted by Gasteiger charge is 2.38. The van der Waals surface area contributed by atoms with Gasteiger partial charge in [0.05, 0.1) is 30.5 Å². The molecule has 3 aromatic carbocycles. The highest BCUT2D eigenvalue weighted by molar-refractivity contribution is 6.35. The van der Waals surface area contributed by atoms with Crippen LogP contribution in [0.2, 0.25) is 0 Å². The zero-order valence-corrected chi connectivity index (χ0v) is 17.0. The van der Waals surface area contributed by atoms with Crippen LogP contribution in [0.4, 0.5) is 11.4 Å². The highest BCUT2D eigenvalue weighted by atomic mass is 16.5. The number of ether oxygens (including phenoxy) is 2. The van der Waals surface area contributed by atoms with Gasteiger partial charge in [-0.2, -0.15) is 0 Å². The fraction of sp³-hybridized carbons (Fsp3) is 0.125. The van der Waals surface area contributed by atoms with E-state index in [0.717, 1.165) is 4.90 Å². The first-order valence-electron chi connectivity index (χ1n) is 9.73. The second-order valence-corrected chi connectivity index (χ2v) is 6.79. The van der Waals surface area contributed by atoms with Crippen LogP contribution in [-0.2, 0) is 0 Å². The standard InChI is InChI=1S/C24H20N2O5/c1-3-31-21-10-5-4-9-20(21)26-23(28)18-12-11-15(13-19(18)24(26)29)22(27)25-16-7-6-8-17(14-16)30-2/h4-14H,3H2,1-2H3,(H,25,27). The summed E-state index contributed by atoms with van der Waals surface area (Å²) >= 11 is 0. The summed E-state index contributed by atoms with van der Waals surface area (Å²) in [5.74, 6) is -0.300. The first kappa shape index (κ1) is 20.2. The van der Waals surface area contributed by atoms with Gasteiger partial charge in [-0.3, -0.25) is 14.4 Å². The molecule has 0 atom stereocenters. The normalized spacial score (nSPS) is 12.5. The van der Waals surface area contributed by atoms with Gasteiger partial charge in [0.1, 0.15) is 11.5 Å². The van der Waals surface area contributed by atoms with Crippen molar-refractivity contribution in [1.82, 2.24) is 0 Å². The van der Waals surface area contributed by atoms with Crippen molar-refractivity contribution in [2.45, 2.75) is 6.92 Å². The molecular formula is C24H20N2O5. The van der Waals surface area contributed by atoms with E-state index in [9.17, 15) is 14.4 Å². The van der Waals surface area contributed by atoms with E-state index in [0.29, 0.717) is 29.5 Å². The van der Waals surface area contributed by atoms with Crippen LogP contribution in [0.1, 0.15) is 38.0 Å². The number of amides is 3. The van der Waals surface area contributed by atoms with E-state index in [1.807, 2.05) is 6.92 Å². The molecule has 0 saturated carbocycles. The van der Waals surface area contributed by atoms with Crippen LogP contribution in [-0.4, -0.2) is 31.4 Å². The molecule has 0 saturated heterocycles. The second kappa shape index (κ2) is 8.31. The van der Waals surface area contributed by atoms with Crippen LogP contribution in [0, 0.1) is 0 Å². The van der Waals surface area contributed by atoms with Crippen LogP contribution < -0.4 is 19.7 Å². The number of nitrogens with zero attached hydrogens (tertiary/aromatic N) is 1. The van der Waals surface area contributed by atoms with Gasteiger partial charge in [0.2, 0.25) is 0 Å². The number of rotatable bonds is 6. The molecule has 7 heteroatoms. The number of methoxy groups -OCH3 is 1. The van der Waals surface area contributed by atoms with E-state index in [4.69, 9.17) is 9.47 Å². The third kappa shape index (κ3) is 3.73. The van der Waals surface area contributed by atoms with Crippen molar-refractivity contribution in [2.75, 3.05) is 23.9 Å². The monoisotopic (exact) mass is 416 g/mol. The van der Waals surface area contributed by atoms with Crippen LogP contribution in [0.3, 0.4) is 0 Å². The zero-order valence-electron chi connectivity index (χ0n) is 17.0. The number of carbonyl (C=O) groups excluding carboxylic acids is 3. The summed E-state index contributed by atoms with van der Waals surface area (Å²) in [6.45, 7) is 2.22. The van der Waals surface area contributed by atoms with Gasteiger partial charge in [-0.05, 0) is 49.4 Å². The molecule has 1 aliphatic rings. The molecule has 0 radical (unpaired) electrons. The van der Waals surface area contributed by atoms with Crippen molar-refractivity contribution in [3.63, 3.8) is 0 Å². The summed E-state index contributed by atoms with van der Waals surface area (Å²) in [5, 5.41) is 2.77. The minimum atomic E-state index is -0.497. The smallest absolute Gasteiger partial charge is 0.266 e. The quantitative estimate of drug-likeness (QED) is 0.611. The third-order valence-electron chi connectivity index (χ3n) is 4.88. The topological polar surface area (TPSA) is 84.9 Å². The van der Waals surface area contributed by atoms with Gasteiger partial charge in [-0.15, -0.1) is 0 Å². The highest BCUT2D eigenvalue weighted by Crippen LogP contribution is 2.35. The van der Waals surface area contributed by atoms with Crippen molar-refractivity contribution in [1.29, 1.82) is 0 Å². The number of carbonyl (C=O) groups is 3. The van der Waals surface area contributed by atoms with Gasteiger partial charge in [0.25, 0.3) is 17.7 Å². The van der Waals surface area contributed by atoms with Gasteiger partial charge >= 0.3 is 0 Å². The Balaban J connectivity index is 1.63. The molecule has 4 rings (SSSR count). The lowest BCUT2D eigenvalue weighted by Crippen LogP contribution is -2.29. The first-order chi connectivity index (χ1) is 15.0. The molecule has 3 aromatic rings. The van der Waals surface area contributed by atoms with Crippen molar-refractivity contribution in [2.24, 2.45) is 0 Å². The Morgan fingerprint density at radius 3 is 2.48 bits per heavy atom. The maximum absolute atomic E-state index is 13.1. The van der Waals surface area contributed by atoms with E-state index < -0.39 is 17.7 Å². The zero-order chi connectivity index (χ0) is 22.0. The number of imide groups is 1. The van der Waals surface area contributed by atoms with E-state index in [1.165, 1.54) is 18.2 Å². The predicted octanol–water partition coefficient (Wildman–Crippen LogP) is 4.15. The summed E-state index contributed by atoms with van der Waals surface area (Å²) in [7, 11) is 1.54. The Bertz CT molecular complexity index is 1190. The number of para-hydroxylation sites is 2. The van der Waals surface area contributed by atoms with E-state index in [2.05, 4.69) is 5.32 Å². The van der Waals surface area contributed by atoms with Gasteiger partial charge in [0.15, 0.2) is 0 Å². The first-order valence-corrected chi connectivity index (χ1v) is 9.73. The van der Waals surface area contributed by atoms with Crippen LogP contribution in [0.5, 0.6) is 11.5 Å². The third-order valence-corrected chi connectivity index (χ3v) is 4.88. The van der Waals surface area contributed by atoms with Crippen molar-refractivity contribution in [3.05, 3.63) is 83.4 Å². The Labute approximate surface area is 179 Å². The van der Waals surface area contributed by atoms with Gasteiger partial charge in [-0.1, -0.05) is 18.2 Å². The summed E-state index contributed by atoms with van der Waals surface area (Å²) in [6.07, 6.45) is 0. The predicted molar refractivity (Wildman–Crippen MR) is 116 cm³/mol. The molecule has 0 aliphatic carbocycles.